The largest absolute Gasteiger partial charge is 0.478 e. The maximum absolute atomic E-state index is 12.3. The molecule has 0 radical (unpaired) electrons. The van der Waals surface area contributed by atoms with Crippen molar-refractivity contribution in [1.82, 2.24) is 9.88 Å². The third-order valence-electron chi connectivity index (χ3n) is 3.36. The van der Waals surface area contributed by atoms with Crippen molar-refractivity contribution in [2.75, 3.05) is 0 Å². The molecule has 2 heterocycles. The Bertz CT molecular complexity index is 781. The average Bonchev–Trinajstić information content (AvgIpc) is 2.96. The fourth-order valence-electron chi connectivity index (χ4n) is 2.19. The molecule has 2 amide bonds. The molecule has 3 rings (SSSR count). The lowest BCUT2D eigenvalue weighted by molar-refractivity contribution is 0.0642. The van der Waals surface area contributed by atoms with Gasteiger partial charge in [0.05, 0.1) is 34.4 Å². The molecular formula is C14H10N2O4S. The summed E-state index contributed by atoms with van der Waals surface area (Å²) in [6, 6.07) is 3.96. The Hall–Kier alpha value is -2.54. The molecule has 0 bridgehead atoms. The number of carboxylic acids is 1. The van der Waals surface area contributed by atoms with Gasteiger partial charge in [-0.05, 0) is 25.1 Å². The van der Waals surface area contributed by atoms with Crippen LogP contribution in [0.3, 0.4) is 0 Å². The molecule has 2 aromatic rings. The minimum absolute atomic E-state index is 0.00859. The highest BCUT2D eigenvalue weighted by Gasteiger charge is 2.36. The van der Waals surface area contributed by atoms with E-state index < -0.39 is 17.8 Å². The van der Waals surface area contributed by atoms with E-state index in [1.165, 1.54) is 29.5 Å². The van der Waals surface area contributed by atoms with E-state index in [1.807, 2.05) is 6.92 Å². The number of thiazole rings is 1. The van der Waals surface area contributed by atoms with Crippen LogP contribution in [0.4, 0.5) is 0 Å². The zero-order chi connectivity index (χ0) is 15.1. The number of rotatable bonds is 3. The second-order valence-corrected chi connectivity index (χ2v) is 5.56. The van der Waals surface area contributed by atoms with E-state index in [4.69, 9.17) is 5.11 Å². The minimum Gasteiger partial charge on any atom is -0.478 e. The number of amides is 2. The molecule has 6 nitrogen and oxygen atoms in total. The zero-order valence-corrected chi connectivity index (χ0v) is 11.8. The molecule has 106 valence electrons. The van der Waals surface area contributed by atoms with Crippen molar-refractivity contribution in [2.45, 2.75) is 13.5 Å². The number of fused-ring (bicyclic) bond motifs is 1. The van der Waals surface area contributed by atoms with Crippen molar-refractivity contribution in [2.24, 2.45) is 0 Å². The lowest BCUT2D eigenvalue weighted by Gasteiger charge is -2.12. The number of carboxylic acid groups (broad SMARTS) is 1. The van der Waals surface area contributed by atoms with Crippen LogP contribution in [0.2, 0.25) is 0 Å². The number of hydrogen-bond donors (Lipinski definition) is 1. The van der Waals surface area contributed by atoms with Crippen LogP contribution in [0.15, 0.2) is 23.7 Å². The van der Waals surface area contributed by atoms with Crippen LogP contribution >= 0.6 is 11.3 Å². The van der Waals surface area contributed by atoms with Crippen molar-refractivity contribution < 1.29 is 19.5 Å². The normalized spacial score (nSPS) is 13.7. The van der Waals surface area contributed by atoms with Gasteiger partial charge in [-0.2, -0.15) is 0 Å². The van der Waals surface area contributed by atoms with Crippen molar-refractivity contribution in [3.05, 3.63) is 51.0 Å². The zero-order valence-electron chi connectivity index (χ0n) is 11.0. The first-order valence-electron chi connectivity index (χ1n) is 6.11. The molecule has 0 atom stereocenters. The van der Waals surface area contributed by atoms with E-state index >= 15 is 0 Å². The molecule has 1 N–H and O–H groups in total. The summed E-state index contributed by atoms with van der Waals surface area (Å²) in [6.45, 7) is 1.97. The van der Waals surface area contributed by atoms with Gasteiger partial charge in [0.1, 0.15) is 0 Å². The first kappa shape index (κ1) is 13.4. The van der Waals surface area contributed by atoms with E-state index in [0.29, 0.717) is 0 Å². The van der Waals surface area contributed by atoms with Crippen LogP contribution in [-0.2, 0) is 6.54 Å². The summed E-state index contributed by atoms with van der Waals surface area (Å²) in [7, 11) is 0. The molecular weight excluding hydrogens is 292 g/mol. The Morgan fingerprint density at radius 3 is 2.62 bits per heavy atom. The Labute approximate surface area is 123 Å². The maximum Gasteiger partial charge on any atom is 0.335 e. The quantitative estimate of drug-likeness (QED) is 0.875. The highest BCUT2D eigenvalue weighted by atomic mass is 32.1. The number of aromatic nitrogens is 1. The highest BCUT2D eigenvalue weighted by molar-refractivity contribution is 7.09. The van der Waals surface area contributed by atoms with Crippen LogP contribution < -0.4 is 0 Å². The van der Waals surface area contributed by atoms with Crippen molar-refractivity contribution in [3.63, 3.8) is 0 Å². The highest BCUT2D eigenvalue weighted by Crippen LogP contribution is 2.27. The van der Waals surface area contributed by atoms with Gasteiger partial charge in [-0.3, -0.25) is 14.5 Å². The number of carbonyl (C=O) groups excluding carboxylic acids is 2. The first-order chi connectivity index (χ1) is 9.99. The summed E-state index contributed by atoms with van der Waals surface area (Å²) >= 11 is 1.38. The van der Waals surface area contributed by atoms with Crippen molar-refractivity contribution in [1.29, 1.82) is 0 Å². The lowest BCUT2D eigenvalue weighted by atomic mass is 10.1. The Morgan fingerprint density at radius 1 is 1.29 bits per heavy atom. The summed E-state index contributed by atoms with van der Waals surface area (Å²) in [6.07, 6.45) is 0. The van der Waals surface area contributed by atoms with Crippen molar-refractivity contribution in [3.8, 4) is 0 Å². The summed E-state index contributed by atoms with van der Waals surface area (Å²) in [5.74, 6) is -2.00. The third-order valence-corrected chi connectivity index (χ3v) is 4.28. The fraction of sp³-hybridized carbons (Fsp3) is 0.143. The molecule has 0 fully saturated rings. The standard InChI is InChI=1S/C14H10N2O4S/c1-7-11(21-6-15-7)5-16-12(17)9-3-2-8(14(19)20)4-10(9)13(16)18/h2-4,6H,5H2,1H3,(H,19,20). The van der Waals surface area contributed by atoms with Gasteiger partial charge in [-0.25, -0.2) is 9.78 Å². The van der Waals surface area contributed by atoms with E-state index in [9.17, 15) is 14.4 Å². The Kier molecular flexibility index (Phi) is 3.06. The molecule has 0 spiro atoms. The average molecular weight is 302 g/mol. The van der Waals surface area contributed by atoms with Gasteiger partial charge in [0.25, 0.3) is 11.8 Å². The van der Waals surface area contributed by atoms with Crippen LogP contribution in [0, 0.1) is 6.92 Å². The van der Waals surface area contributed by atoms with Crippen LogP contribution in [0.25, 0.3) is 0 Å². The SMILES string of the molecule is Cc1ncsc1CN1C(=O)c2ccc(C(=O)O)cc2C1=O. The number of nitrogens with zero attached hydrogens (tertiary/aromatic N) is 2. The molecule has 0 saturated heterocycles. The topological polar surface area (TPSA) is 87.6 Å². The summed E-state index contributed by atoms with van der Waals surface area (Å²) in [4.78, 5) is 41.6. The summed E-state index contributed by atoms with van der Waals surface area (Å²) in [5, 5.41) is 8.96. The Balaban J connectivity index is 1.97. The second kappa shape index (κ2) is 4.78. The summed E-state index contributed by atoms with van der Waals surface area (Å²) in [5.41, 5.74) is 2.81. The van der Waals surface area contributed by atoms with E-state index in [1.54, 1.807) is 5.51 Å². The maximum atomic E-state index is 12.3. The molecule has 0 aliphatic carbocycles. The van der Waals surface area contributed by atoms with Crippen LogP contribution in [0.1, 0.15) is 41.6 Å². The van der Waals surface area contributed by atoms with E-state index in [0.717, 1.165) is 15.5 Å². The molecule has 21 heavy (non-hydrogen) atoms. The molecule has 0 unspecified atom stereocenters. The lowest BCUT2D eigenvalue weighted by Crippen LogP contribution is -2.29. The number of carbonyl (C=O) groups is 3. The number of aryl methyl sites for hydroxylation is 1. The minimum atomic E-state index is -1.13. The Morgan fingerprint density at radius 2 is 2.00 bits per heavy atom. The van der Waals surface area contributed by atoms with Gasteiger partial charge in [-0.15, -0.1) is 11.3 Å². The number of imide groups is 1. The third kappa shape index (κ3) is 2.11. The van der Waals surface area contributed by atoms with Gasteiger partial charge in [0.15, 0.2) is 0 Å². The van der Waals surface area contributed by atoms with E-state index in [2.05, 4.69) is 4.98 Å². The van der Waals surface area contributed by atoms with Gasteiger partial charge in [-0.1, -0.05) is 0 Å². The predicted octanol–water partition coefficient (Wildman–Crippen LogP) is 1.95. The number of aromatic carboxylic acids is 1. The molecule has 7 heteroatoms. The predicted molar refractivity (Wildman–Crippen MR) is 74.5 cm³/mol. The van der Waals surface area contributed by atoms with Gasteiger partial charge < -0.3 is 5.11 Å². The summed E-state index contributed by atoms with van der Waals surface area (Å²) < 4.78 is 0. The van der Waals surface area contributed by atoms with Gasteiger partial charge in [0, 0.05) is 4.88 Å². The van der Waals surface area contributed by atoms with Gasteiger partial charge >= 0.3 is 5.97 Å². The van der Waals surface area contributed by atoms with E-state index in [-0.39, 0.29) is 23.2 Å². The van der Waals surface area contributed by atoms with Gasteiger partial charge in [0.2, 0.25) is 0 Å². The van der Waals surface area contributed by atoms with Crippen LogP contribution in [0.5, 0.6) is 0 Å². The fourth-order valence-corrected chi connectivity index (χ4v) is 2.95. The van der Waals surface area contributed by atoms with Crippen LogP contribution in [-0.4, -0.2) is 32.8 Å². The van der Waals surface area contributed by atoms with Crippen molar-refractivity contribution >= 4 is 29.1 Å². The molecule has 1 aromatic carbocycles. The molecule has 1 aliphatic rings. The number of benzene rings is 1. The first-order valence-corrected chi connectivity index (χ1v) is 6.99. The molecule has 1 aliphatic heterocycles. The molecule has 0 saturated carbocycles. The smallest absolute Gasteiger partial charge is 0.335 e. The monoisotopic (exact) mass is 302 g/mol. The second-order valence-electron chi connectivity index (χ2n) is 4.62. The number of hydrogen-bond acceptors (Lipinski definition) is 5. The molecule has 1 aromatic heterocycles.